The smallest absolute Gasteiger partial charge is 0.225 e. The Bertz CT molecular complexity index is 606. The van der Waals surface area contributed by atoms with E-state index in [0.717, 1.165) is 60.9 Å². The summed E-state index contributed by atoms with van der Waals surface area (Å²) in [6, 6.07) is 0.130. The van der Waals surface area contributed by atoms with Crippen LogP contribution in [-0.4, -0.2) is 52.5 Å². The molecule has 0 radical (unpaired) electrons. The molecule has 1 aromatic rings. The number of nitrogens with one attached hydrogen (secondary N) is 1. The highest BCUT2D eigenvalue weighted by Gasteiger charge is 2.33. The molecule has 1 N–H and O–H groups in total. The molecule has 1 aliphatic carbocycles. The third-order valence-electron chi connectivity index (χ3n) is 5.25. The monoisotopic (exact) mass is 365 g/mol. The first kappa shape index (κ1) is 18.3. The van der Waals surface area contributed by atoms with Gasteiger partial charge in [-0.2, -0.15) is 11.8 Å². The maximum Gasteiger partial charge on any atom is 0.225 e. The molecule has 2 atom stereocenters. The average molecular weight is 365 g/mol. The average Bonchev–Trinajstić information content (AvgIpc) is 3.20. The number of hydrogen-bond donors (Lipinski definition) is 1. The van der Waals surface area contributed by atoms with Crippen LogP contribution < -0.4 is 5.32 Å². The lowest BCUT2D eigenvalue weighted by Crippen LogP contribution is -2.41. The number of rotatable bonds is 5. The summed E-state index contributed by atoms with van der Waals surface area (Å²) in [5.41, 5.74) is 1.88. The highest BCUT2D eigenvalue weighted by Crippen LogP contribution is 2.28. The van der Waals surface area contributed by atoms with Crippen LogP contribution in [0.15, 0.2) is 4.52 Å². The molecular formula is C18H27N3O3S. The first-order valence-corrected chi connectivity index (χ1v) is 10.3. The Morgan fingerprint density at radius 2 is 2.04 bits per heavy atom. The fraction of sp³-hybridized carbons (Fsp3) is 0.722. The maximum atomic E-state index is 12.6. The Morgan fingerprint density at radius 1 is 1.28 bits per heavy atom. The van der Waals surface area contributed by atoms with Gasteiger partial charge in [-0.3, -0.25) is 9.59 Å². The van der Waals surface area contributed by atoms with E-state index in [2.05, 4.69) is 10.5 Å². The molecule has 6 nitrogen and oxygen atoms in total. The lowest BCUT2D eigenvalue weighted by molar-refractivity contribution is -0.135. The Labute approximate surface area is 153 Å². The summed E-state index contributed by atoms with van der Waals surface area (Å²) >= 11 is 1.91. The highest BCUT2D eigenvalue weighted by atomic mass is 32.2. The minimum Gasteiger partial charge on any atom is -0.361 e. The van der Waals surface area contributed by atoms with E-state index in [4.69, 9.17) is 4.52 Å². The van der Waals surface area contributed by atoms with E-state index >= 15 is 0 Å². The van der Waals surface area contributed by atoms with Crippen molar-refractivity contribution in [1.82, 2.24) is 15.4 Å². The molecule has 1 aliphatic heterocycles. The number of carbonyl (C=O) groups is 2. The molecule has 2 aliphatic rings. The molecule has 25 heavy (non-hydrogen) atoms. The molecule has 1 aromatic heterocycles. The van der Waals surface area contributed by atoms with Crippen molar-refractivity contribution in [2.45, 2.75) is 52.0 Å². The number of aromatic nitrogens is 1. The number of nitrogens with zero attached hydrogens (tertiary/aromatic N) is 2. The van der Waals surface area contributed by atoms with Gasteiger partial charge in [-0.25, -0.2) is 0 Å². The standard InChI is InChI=1S/C18H27N3O3S/c1-12-16(13(2)24-20-12)5-6-17(22)19-15-4-3-14(11-15)18(23)21-7-9-25-10-8-21/h14-15H,3-11H2,1-2H3,(H,19,22)/t14-,15+/m0/s1. The third kappa shape index (κ3) is 4.57. The van der Waals surface area contributed by atoms with Crippen LogP contribution in [0, 0.1) is 19.8 Å². The topological polar surface area (TPSA) is 75.4 Å². The summed E-state index contributed by atoms with van der Waals surface area (Å²) in [4.78, 5) is 26.8. The lowest BCUT2D eigenvalue weighted by Gasteiger charge is -2.29. The molecule has 7 heteroatoms. The van der Waals surface area contributed by atoms with Crippen LogP contribution >= 0.6 is 11.8 Å². The van der Waals surface area contributed by atoms with Crippen LogP contribution in [0.2, 0.25) is 0 Å². The van der Waals surface area contributed by atoms with E-state index in [1.807, 2.05) is 30.5 Å². The van der Waals surface area contributed by atoms with Gasteiger partial charge in [0, 0.05) is 48.5 Å². The largest absolute Gasteiger partial charge is 0.361 e. The van der Waals surface area contributed by atoms with Crippen molar-refractivity contribution in [2.24, 2.45) is 5.92 Å². The van der Waals surface area contributed by atoms with Gasteiger partial charge in [0.05, 0.1) is 5.69 Å². The van der Waals surface area contributed by atoms with Crippen molar-refractivity contribution in [2.75, 3.05) is 24.6 Å². The zero-order valence-electron chi connectivity index (χ0n) is 15.0. The molecule has 0 bridgehead atoms. The van der Waals surface area contributed by atoms with Gasteiger partial charge < -0.3 is 14.7 Å². The van der Waals surface area contributed by atoms with Crippen molar-refractivity contribution < 1.29 is 14.1 Å². The second-order valence-electron chi connectivity index (χ2n) is 7.01. The Balaban J connectivity index is 1.43. The molecule has 0 aromatic carbocycles. The van der Waals surface area contributed by atoms with Crippen molar-refractivity contribution in [3.8, 4) is 0 Å². The van der Waals surface area contributed by atoms with Gasteiger partial charge in [0.15, 0.2) is 0 Å². The minimum atomic E-state index is 0.0486. The summed E-state index contributed by atoms with van der Waals surface area (Å²) < 4.78 is 5.13. The van der Waals surface area contributed by atoms with Crippen molar-refractivity contribution in [1.29, 1.82) is 0 Å². The molecular weight excluding hydrogens is 338 g/mol. The molecule has 3 rings (SSSR count). The molecule has 2 fully saturated rings. The molecule has 0 spiro atoms. The molecule has 0 unspecified atom stereocenters. The van der Waals surface area contributed by atoms with E-state index < -0.39 is 0 Å². The zero-order valence-corrected chi connectivity index (χ0v) is 15.9. The van der Waals surface area contributed by atoms with Crippen LogP contribution in [0.5, 0.6) is 0 Å². The fourth-order valence-electron chi connectivity index (χ4n) is 3.78. The lowest BCUT2D eigenvalue weighted by atomic mass is 10.1. The van der Waals surface area contributed by atoms with Crippen molar-refractivity contribution in [3.05, 3.63) is 17.0 Å². The van der Waals surface area contributed by atoms with Gasteiger partial charge in [-0.15, -0.1) is 0 Å². The quantitative estimate of drug-likeness (QED) is 0.865. The van der Waals surface area contributed by atoms with Gasteiger partial charge in [0.2, 0.25) is 11.8 Å². The van der Waals surface area contributed by atoms with E-state index in [1.165, 1.54) is 0 Å². The zero-order chi connectivity index (χ0) is 17.8. The maximum absolute atomic E-state index is 12.6. The van der Waals surface area contributed by atoms with Crippen LogP contribution in [0.3, 0.4) is 0 Å². The highest BCUT2D eigenvalue weighted by molar-refractivity contribution is 7.99. The second-order valence-corrected chi connectivity index (χ2v) is 8.24. The molecule has 2 heterocycles. The second kappa shape index (κ2) is 8.25. The van der Waals surface area contributed by atoms with Gasteiger partial charge in [-0.1, -0.05) is 5.16 Å². The Morgan fingerprint density at radius 3 is 2.72 bits per heavy atom. The van der Waals surface area contributed by atoms with E-state index in [1.54, 1.807) is 0 Å². The van der Waals surface area contributed by atoms with Crippen LogP contribution in [-0.2, 0) is 16.0 Å². The predicted molar refractivity (Wildman–Crippen MR) is 97.5 cm³/mol. The summed E-state index contributed by atoms with van der Waals surface area (Å²) in [6.07, 6.45) is 3.64. The Kier molecular flexibility index (Phi) is 6.04. The van der Waals surface area contributed by atoms with Gasteiger partial charge >= 0.3 is 0 Å². The summed E-state index contributed by atoms with van der Waals surface area (Å²) in [6.45, 7) is 5.51. The fourth-order valence-corrected chi connectivity index (χ4v) is 4.68. The van der Waals surface area contributed by atoms with Crippen LogP contribution in [0.25, 0.3) is 0 Å². The van der Waals surface area contributed by atoms with Crippen LogP contribution in [0.4, 0.5) is 0 Å². The molecule has 1 saturated heterocycles. The summed E-state index contributed by atoms with van der Waals surface area (Å²) in [7, 11) is 0. The number of thioether (sulfide) groups is 1. The number of amides is 2. The predicted octanol–water partition coefficient (Wildman–Crippen LogP) is 2.08. The first-order valence-electron chi connectivity index (χ1n) is 9.12. The number of hydrogen-bond acceptors (Lipinski definition) is 5. The van der Waals surface area contributed by atoms with Gasteiger partial charge in [-0.05, 0) is 39.5 Å². The summed E-state index contributed by atoms with van der Waals surface area (Å²) in [5.74, 6) is 3.29. The van der Waals surface area contributed by atoms with Crippen molar-refractivity contribution >= 4 is 23.6 Å². The first-order chi connectivity index (χ1) is 12.0. The van der Waals surface area contributed by atoms with Crippen LogP contribution in [0.1, 0.15) is 42.7 Å². The normalized spacial score (nSPS) is 23.7. The van der Waals surface area contributed by atoms with E-state index in [-0.39, 0.29) is 23.8 Å². The molecule has 1 saturated carbocycles. The number of carbonyl (C=O) groups excluding carboxylic acids is 2. The van der Waals surface area contributed by atoms with E-state index in [0.29, 0.717) is 12.8 Å². The van der Waals surface area contributed by atoms with Crippen molar-refractivity contribution in [3.63, 3.8) is 0 Å². The molecule has 138 valence electrons. The minimum absolute atomic E-state index is 0.0486. The number of aryl methyl sites for hydroxylation is 2. The Hall–Kier alpha value is -1.50. The van der Waals surface area contributed by atoms with Gasteiger partial charge in [0.25, 0.3) is 0 Å². The van der Waals surface area contributed by atoms with Gasteiger partial charge in [0.1, 0.15) is 5.76 Å². The third-order valence-corrected chi connectivity index (χ3v) is 6.20. The van der Waals surface area contributed by atoms with E-state index in [9.17, 15) is 9.59 Å². The SMILES string of the molecule is Cc1noc(C)c1CCC(=O)N[C@@H]1CC[C@H](C(=O)N2CCSCC2)C1. The summed E-state index contributed by atoms with van der Waals surface area (Å²) in [5, 5.41) is 7.02. The molecule has 2 amide bonds.